The molecule has 2 heterocycles. The second kappa shape index (κ2) is 10.5. The average molecular weight is 503 g/mol. The number of likely N-dealkylation sites (tertiary alicyclic amines) is 1. The first-order valence-corrected chi connectivity index (χ1v) is 12.6. The summed E-state index contributed by atoms with van der Waals surface area (Å²) in [5.41, 5.74) is 0.908. The van der Waals surface area contributed by atoms with Crippen LogP contribution >= 0.6 is 0 Å². The van der Waals surface area contributed by atoms with E-state index >= 15 is 0 Å². The molecule has 8 heteroatoms. The molecule has 0 aliphatic carbocycles. The Bertz CT molecular complexity index is 1330. The summed E-state index contributed by atoms with van der Waals surface area (Å²) >= 11 is 0. The molecule has 0 saturated carbocycles. The van der Waals surface area contributed by atoms with E-state index in [2.05, 4.69) is 21.2 Å². The third kappa shape index (κ3) is 4.66. The monoisotopic (exact) mass is 502 g/mol. The summed E-state index contributed by atoms with van der Waals surface area (Å²) in [4.78, 5) is 18.5. The molecular formula is C29H31FN4O3. The van der Waals surface area contributed by atoms with Crippen LogP contribution in [0.15, 0.2) is 54.6 Å². The Morgan fingerprint density at radius 1 is 1.19 bits per heavy atom. The van der Waals surface area contributed by atoms with Crippen LogP contribution in [-0.4, -0.2) is 68.3 Å². The van der Waals surface area contributed by atoms with Gasteiger partial charge < -0.3 is 14.8 Å². The quantitative estimate of drug-likeness (QED) is 0.534. The van der Waals surface area contributed by atoms with Crippen molar-refractivity contribution in [3.05, 3.63) is 77.1 Å². The number of nitriles is 1. The molecule has 2 aliphatic heterocycles. The third-order valence-electron chi connectivity index (χ3n) is 7.76. The molecule has 3 aromatic carbocycles. The second-order valence-corrected chi connectivity index (χ2v) is 9.74. The van der Waals surface area contributed by atoms with E-state index in [9.17, 15) is 14.4 Å². The fourth-order valence-corrected chi connectivity index (χ4v) is 5.46. The van der Waals surface area contributed by atoms with Crippen molar-refractivity contribution in [1.82, 2.24) is 15.1 Å². The molecule has 3 aromatic rings. The van der Waals surface area contributed by atoms with E-state index in [-0.39, 0.29) is 18.3 Å². The Kier molecular flexibility index (Phi) is 7.11. The number of morpholine rings is 1. The van der Waals surface area contributed by atoms with E-state index < -0.39 is 5.54 Å². The van der Waals surface area contributed by atoms with E-state index in [0.29, 0.717) is 17.4 Å². The number of amides is 1. The van der Waals surface area contributed by atoms with E-state index in [1.54, 1.807) is 18.2 Å². The van der Waals surface area contributed by atoms with Crippen LogP contribution in [0.3, 0.4) is 0 Å². The fraction of sp³-hybridized carbons (Fsp3) is 0.379. The topological polar surface area (TPSA) is 77.8 Å². The molecule has 2 saturated heterocycles. The van der Waals surface area contributed by atoms with Crippen molar-refractivity contribution >= 4 is 16.7 Å². The minimum Gasteiger partial charge on any atom is -0.495 e. The van der Waals surface area contributed by atoms with Gasteiger partial charge in [0.05, 0.1) is 25.9 Å². The standard InChI is InChI=1S/C29H31FN4O3/c1-29(22-7-9-23(30)10-8-22,34-18-24(19-34)33-11-13-37-14-12-33)28(35)32-17-26-25-6-4-3-5-20(25)15-21(16-31)27(26)36-2/h3-10,15,24H,11-14,17-19H2,1-2H3,(H,32,35). The number of carbonyl (C=O) groups excluding carboxylic acids is 1. The van der Waals surface area contributed by atoms with Gasteiger partial charge in [0.15, 0.2) is 0 Å². The minimum atomic E-state index is -0.994. The number of carbonyl (C=O) groups is 1. The first-order chi connectivity index (χ1) is 18.0. The van der Waals surface area contributed by atoms with Crippen LogP contribution in [0.2, 0.25) is 0 Å². The lowest BCUT2D eigenvalue weighted by molar-refractivity contribution is -0.141. The maximum atomic E-state index is 13.9. The summed E-state index contributed by atoms with van der Waals surface area (Å²) in [6, 6.07) is 18.3. The van der Waals surface area contributed by atoms with Gasteiger partial charge in [0.25, 0.3) is 0 Å². The Balaban J connectivity index is 1.43. The molecular weight excluding hydrogens is 471 g/mol. The fourth-order valence-electron chi connectivity index (χ4n) is 5.46. The van der Waals surface area contributed by atoms with Crippen molar-refractivity contribution in [1.29, 1.82) is 5.26 Å². The molecule has 1 amide bonds. The highest BCUT2D eigenvalue weighted by atomic mass is 19.1. The third-order valence-corrected chi connectivity index (χ3v) is 7.76. The highest BCUT2D eigenvalue weighted by Crippen LogP contribution is 2.36. The molecule has 0 aromatic heterocycles. The largest absolute Gasteiger partial charge is 0.495 e. The Morgan fingerprint density at radius 2 is 1.89 bits per heavy atom. The minimum absolute atomic E-state index is 0.187. The maximum Gasteiger partial charge on any atom is 0.245 e. The molecule has 2 fully saturated rings. The number of hydrogen-bond donors (Lipinski definition) is 1. The highest BCUT2D eigenvalue weighted by molar-refractivity contribution is 5.91. The van der Waals surface area contributed by atoms with Gasteiger partial charge in [-0.15, -0.1) is 0 Å². The van der Waals surface area contributed by atoms with Crippen LogP contribution in [0.5, 0.6) is 5.75 Å². The number of methoxy groups -OCH3 is 1. The number of halogens is 1. The molecule has 0 bridgehead atoms. The average Bonchev–Trinajstić information content (AvgIpc) is 2.90. The van der Waals surface area contributed by atoms with Gasteiger partial charge in [-0.25, -0.2) is 4.39 Å². The van der Waals surface area contributed by atoms with Crippen molar-refractivity contribution in [2.45, 2.75) is 25.0 Å². The zero-order valence-electron chi connectivity index (χ0n) is 21.2. The lowest BCUT2D eigenvalue weighted by atomic mass is 9.84. The number of rotatable bonds is 7. The van der Waals surface area contributed by atoms with Crippen LogP contribution in [0.4, 0.5) is 4.39 Å². The van der Waals surface area contributed by atoms with Gasteiger partial charge in [0.2, 0.25) is 5.91 Å². The van der Waals surface area contributed by atoms with Crippen molar-refractivity contribution in [2.75, 3.05) is 46.5 Å². The molecule has 1 N–H and O–H groups in total. The lowest BCUT2D eigenvalue weighted by Gasteiger charge is -2.53. The first kappa shape index (κ1) is 25.2. The normalized spacial score (nSPS) is 18.5. The SMILES string of the molecule is COc1c(C#N)cc2ccccc2c1CNC(=O)C(C)(c1ccc(F)cc1)N1CC(N2CCOCC2)C1. The smallest absolute Gasteiger partial charge is 0.245 e. The lowest BCUT2D eigenvalue weighted by Crippen LogP contribution is -2.69. The van der Waals surface area contributed by atoms with Crippen molar-refractivity contribution in [3.63, 3.8) is 0 Å². The summed E-state index contributed by atoms with van der Waals surface area (Å²) < 4.78 is 24.9. The molecule has 5 rings (SSSR count). The number of benzene rings is 3. The van der Waals surface area contributed by atoms with E-state index in [1.165, 1.54) is 19.2 Å². The van der Waals surface area contributed by atoms with Crippen molar-refractivity contribution in [3.8, 4) is 11.8 Å². The van der Waals surface area contributed by atoms with Gasteiger partial charge in [-0.05, 0) is 41.5 Å². The van der Waals surface area contributed by atoms with Crippen LogP contribution in [0.1, 0.15) is 23.6 Å². The van der Waals surface area contributed by atoms with Gasteiger partial charge >= 0.3 is 0 Å². The molecule has 37 heavy (non-hydrogen) atoms. The summed E-state index contributed by atoms with van der Waals surface area (Å²) in [6.07, 6.45) is 0. The number of nitrogens with one attached hydrogen (secondary N) is 1. The molecule has 192 valence electrons. The molecule has 1 unspecified atom stereocenters. The predicted molar refractivity (Wildman–Crippen MR) is 139 cm³/mol. The van der Waals surface area contributed by atoms with Gasteiger partial charge in [-0.1, -0.05) is 36.4 Å². The summed E-state index contributed by atoms with van der Waals surface area (Å²) in [5, 5.41) is 14.6. The zero-order chi connectivity index (χ0) is 26.0. The Labute approximate surface area is 216 Å². The van der Waals surface area contributed by atoms with Crippen LogP contribution in [0, 0.1) is 17.1 Å². The van der Waals surface area contributed by atoms with Crippen LogP contribution in [-0.2, 0) is 21.6 Å². The molecule has 7 nitrogen and oxygen atoms in total. The molecule has 0 spiro atoms. The maximum absolute atomic E-state index is 13.9. The second-order valence-electron chi connectivity index (χ2n) is 9.74. The number of ether oxygens (including phenoxy) is 2. The van der Waals surface area contributed by atoms with Crippen molar-refractivity contribution in [2.24, 2.45) is 0 Å². The number of hydrogen-bond acceptors (Lipinski definition) is 6. The van der Waals surface area contributed by atoms with Gasteiger partial charge in [0.1, 0.15) is 23.2 Å². The summed E-state index contributed by atoms with van der Waals surface area (Å²) in [6.45, 7) is 6.78. The molecule has 1 atom stereocenters. The molecule has 0 radical (unpaired) electrons. The van der Waals surface area contributed by atoms with Gasteiger partial charge in [-0.2, -0.15) is 5.26 Å². The van der Waals surface area contributed by atoms with Crippen LogP contribution < -0.4 is 10.1 Å². The Morgan fingerprint density at radius 3 is 2.57 bits per heavy atom. The van der Waals surface area contributed by atoms with E-state index in [1.807, 2.05) is 31.2 Å². The van der Waals surface area contributed by atoms with E-state index in [0.717, 1.165) is 61.3 Å². The zero-order valence-corrected chi connectivity index (χ0v) is 21.2. The highest BCUT2D eigenvalue weighted by Gasteiger charge is 2.48. The Hall–Kier alpha value is -3.51. The summed E-state index contributed by atoms with van der Waals surface area (Å²) in [5.74, 6) is -0.0693. The number of nitrogens with zero attached hydrogens (tertiary/aromatic N) is 3. The van der Waals surface area contributed by atoms with Gasteiger partial charge in [0, 0.05) is 44.3 Å². The predicted octanol–water partition coefficient (Wildman–Crippen LogP) is 3.41. The first-order valence-electron chi connectivity index (χ1n) is 12.6. The van der Waals surface area contributed by atoms with Crippen LogP contribution in [0.25, 0.3) is 10.8 Å². The number of fused-ring (bicyclic) bond motifs is 1. The summed E-state index contributed by atoms with van der Waals surface area (Å²) in [7, 11) is 1.53. The molecule has 2 aliphatic rings. The van der Waals surface area contributed by atoms with E-state index in [4.69, 9.17) is 9.47 Å². The van der Waals surface area contributed by atoms with Gasteiger partial charge in [-0.3, -0.25) is 14.6 Å². The van der Waals surface area contributed by atoms with Crippen molar-refractivity contribution < 1.29 is 18.7 Å².